The molecule has 148 valence electrons. The predicted molar refractivity (Wildman–Crippen MR) is 98.5 cm³/mol. The normalized spacial score (nSPS) is 16.1. The molecule has 1 saturated heterocycles. The molecule has 1 fully saturated rings. The van der Waals surface area contributed by atoms with Crippen molar-refractivity contribution >= 4 is 10.0 Å². The molecule has 1 aliphatic rings. The van der Waals surface area contributed by atoms with Gasteiger partial charge < -0.3 is 4.90 Å². The number of nitrogens with one attached hydrogen (secondary N) is 1. The van der Waals surface area contributed by atoms with Crippen molar-refractivity contribution in [2.75, 3.05) is 26.2 Å². The number of rotatable bonds is 4. The van der Waals surface area contributed by atoms with Crippen molar-refractivity contribution in [3.05, 3.63) is 57.3 Å². The molecule has 28 heavy (non-hydrogen) atoms. The Morgan fingerprint density at radius 3 is 2.39 bits per heavy atom. The van der Waals surface area contributed by atoms with E-state index in [-0.39, 0.29) is 30.2 Å². The topological polar surface area (TPSA) is 100 Å². The van der Waals surface area contributed by atoms with Gasteiger partial charge in [-0.25, -0.2) is 12.8 Å². The molecule has 0 atom stereocenters. The van der Waals surface area contributed by atoms with E-state index >= 15 is 0 Å². The number of halogens is 1. The SMILES string of the molecule is Cc1nn(C[NH+]2CCN(S(=O)(=O)c3ccc(F)cc3)CC2)c(=O)c(C#N)c1C. The predicted octanol–water partition coefficient (Wildman–Crippen LogP) is -0.582. The van der Waals surface area contributed by atoms with Gasteiger partial charge in [-0.2, -0.15) is 19.3 Å². The lowest BCUT2D eigenvalue weighted by Crippen LogP contribution is -3.14. The second kappa shape index (κ2) is 7.79. The fourth-order valence-electron chi connectivity index (χ4n) is 3.18. The second-order valence-corrected chi connectivity index (χ2v) is 8.71. The fourth-order valence-corrected chi connectivity index (χ4v) is 4.62. The van der Waals surface area contributed by atoms with Crippen LogP contribution in [-0.2, 0) is 16.7 Å². The first-order valence-electron chi connectivity index (χ1n) is 8.81. The molecule has 10 heteroatoms. The number of nitrogens with zero attached hydrogens (tertiary/aromatic N) is 4. The summed E-state index contributed by atoms with van der Waals surface area (Å²) in [5.41, 5.74) is 0.853. The number of benzene rings is 1. The summed E-state index contributed by atoms with van der Waals surface area (Å²) >= 11 is 0. The molecule has 1 aliphatic heterocycles. The Kier molecular flexibility index (Phi) is 5.60. The maximum Gasteiger partial charge on any atom is 0.289 e. The van der Waals surface area contributed by atoms with Gasteiger partial charge in [0.15, 0.2) is 6.67 Å². The molecule has 2 heterocycles. The highest BCUT2D eigenvalue weighted by Crippen LogP contribution is 2.16. The number of hydrogen-bond donors (Lipinski definition) is 1. The van der Waals surface area contributed by atoms with Gasteiger partial charge in [0.25, 0.3) is 5.56 Å². The lowest BCUT2D eigenvalue weighted by Gasteiger charge is -2.31. The molecule has 1 aromatic heterocycles. The molecule has 0 spiro atoms. The summed E-state index contributed by atoms with van der Waals surface area (Å²) in [4.78, 5) is 13.5. The Labute approximate surface area is 162 Å². The van der Waals surface area contributed by atoms with Gasteiger partial charge >= 0.3 is 0 Å². The molecule has 3 rings (SSSR count). The third-order valence-electron chi connectivity index (χ3n) is 5.00. The lowest BCUT2D eigenvalue weighted by molar-refractivity contribution is -0.927. The molecule has 0 saturated carbocycles. The molecule has 0 radical (unpaired) electrons. The molecular weight excluding hydrogens is 385 g/mol. The third kappa shape index (κ3) is 3.82. The first kappa shape index (κ1) is 20.1. The Hall–Kier alpha value is -2.61. The van der Waals surface area contributed by atoms with Crippen LogP contribution in [0, 0.1) is 31.0 Å². The van der Waals surface area contributed by atoms with Crippen molar-refractivity contribution < 1.29 is 17.7 Å². The Balaban J connectivity index is 1.71. The van der Waals surface area contributed by atoms with Crippen molar-refractivity contribution in [3.8, 4) is 6.07 Å². The number of aromatic nitrogens is 2. The summed E-state index contributed by atoms with van der Waals surface area (Å²) in [7, 11) is -3.68. The van der Waals surface area contributed by atoms with Crippen molar-refractivity contribution in [2.24, 2.45) is 0 Å². The van der Waals surface area contributed by atoms with Gasteiger partial charge in [-0.15, -0.1) is 0 Å². The van der Waals surface area contributed by atoms with Gasteiger partial charge in [-0.05, 0) is 43.7 Å². The van der Waals surface area contributed by atoms with Crippen LogP contribution in [0.2, 0.25) is 0 Å². The summed E-state index contributed by atoms with van der Waals surface area (Å²) in [6.45, 7) is 5.23. The van der Waals surface area contributed by atoms with Crippen molar-refractivity contribution in [1.29, 1.82) is 5.26 Å². The zero-order valence-corrected chi connectivity index (χ0v) is 16.5. The van der Waals surface area contributed by atoms with Crippen LogP contribution in [0.15, 0.2) is 34.0 Å². The number of quaternary nitrogens is 1. The summed E-state index contributed by atoms with van der Waals surface area (Å²) in [6.07, 6.45) is 0. The molecule has 1 aromatic carbocycles. The Morgan fingerprint density at radius 2 is 1.82 bits per heavy atom. The lowest BCUT2D eigenvalue weighted by atomic mass is 10.1. The monoisotopic (exact) mass is 406 g/mol. The average Bonchev–Trinajstić information content (AvgIpc) is 2.67. The standard InChI is InChI=1S/C18H20FN5O3S/c1-13-14(2)21-24(18(25)17(13)11-20)12-22-7-9-23(10-8-22)28(26,27)16-5-3-15(19)4-6-16/h3-6H,7-10,12H2,1-2H3/p+1. The minimum Gasteiger partial charge on any atom is -0.314 e. The van der Waals surface area contributed by atoms with Crippen LogP contribution in [0.5, 0.6) is 0 Å². The van der Waals surface area contributed by atoms with Gasteiger partial charge in [0, 0.05) is 0 Å². The molecule has 0 unspecified atom stereocenters. The van der Waals surface area contributed by atoms with Crippen LogP contribution in [-0.4, -0.2) is 48.7 Å². The van der Waals surface area contributed by atoms with E-state index < -0.39 is 21.4 Å². The van der Waals surface area contributed by atoms with Crippen molar-refractivity contribution in [1.82, 2.24) is 14.1 Å². The number of piperazine rings is 1. The highest BCUT2D eigenvalue weighted by molar-refractivity contribution is 7.89. The molecule has 8 nitrogen and oxygen atoms in total. The maximum absolute atomic E-state index is 13.0. The second-order valence-electron chi connectivity index (χ2n) is 6.77. The Morgan fingerprint density at radius 1 is 1.21 bits per heavy atom. The molecule has 2 aromatic rings. The molecule has 0 bridgehead atoms. The number of aryl methyl sites for hydroxylation is 1. The van der Waals surface area contributed by atoms with Crippen molar-refractivity contribution in [3.63, 3.8) is 0 Å². The van der Waals surface area contributed by atoms with Crippen LogP contribution in [0.3, 0.4) is 0 Å². The van der Waals surface area contributed by atoms with Crippen LogP contribution in [0.1, 0.15) is 16.8 Å². The molecular formula is C18H21FN5O3S+. The van der Waals surface area contributed by atoms with E-state index in [4.69, 9.17) is 0 Å². The Bertz CT molecular complexity index is 1080. The summed E-state index contributed by atoms with van der Waals surface area (Å²) < 4.78 is 41.0. The van der Waals surface area contributed by atoms with Gasteiger partial charge in [-0.1, -0.05) is 0 Å². The number of sulfonamides is 1. The number of nitriles is 1. The third-order valence-corrected chi connectivity index (χ3v) is 6.92. The zero-order valence-electron chi connectivity index (χ0n) is 15.6. The van der Waals surface area contributed by atoms with Crippen molar-refractivity contribution in [2.45, 2.75) is 25.4 Å². The van der Waals surface area contributed by atoms with E-state index in [0.29, 0.717) is 24.3 Å². The van der Waals surface area contributed by atoms with Crippen LogP contribution >= 0.6 is 0 Å². The van der Waals surface area contributed by atoms with Gasteiger partial charge in [0.2, 0.25) is 10.0 Å². The first-order valence-corrected chi connectivity index (χ1v) is 10.3. The van der Waals surface area contributed by atoms with Gasteiger partial charge in [0.05, 0.1) is 36.8 Å². The zero-order chi connectivity index (χ0) is 20.5. The van der Waals surface area contributed by atoms with Gasteiger partial charge in [0.1, 0.15) is 17.4 Å². The van der Waals surface area contributed by atoms with E-state index in [1.807, 2.05) is 6.07 Å². The van der Waals surface area contributed by atoms with Gasteiger partial charge in [-0.3, -0.25) is 4.79 Å². The van der Waals surface area contributed by atoms with Crippen LogP contribution < -0.4 is 10.5 Å². The summed E-state index contributed by atoms with van der Waals surface area (Å²) in [5, 5.41) is 13.5. The van der Waals surface area contributed by atoms with E-state index in [9.17, 15) is 22.9 Å². The molecule has 1 N–H and O–H groups in total. The minimum absolute atomic E-state index is 0.0584. The van der Waals surface area contributed by atoms with Crippen LogP contribution in [0.4, 0.5) is 4.39 Å². The number of hydrogen-bond acceptors (Lipinski definition) is 5. The van der Waals surface area contributed by atoms with E-state index in [1.54, 1.807) is 13.8 Å². The van der Waals surface area contributed by atoms with E-state index in [1.165, 1.54) is 21.1 Å². The van der Waals surface area contributed by atoms with Crippen LogP contribution in [0.25, 0.3) is 0 Å². The summed E-state index contributed by atoms with van der Waals surface area (Å²) in [5.74, 6) is -0.490. The largest absolute Gasteiger partial charge is 0.314 e. The average molecular weight is 406 g/mol. The minimum atomic E-state index is -3.68. The first-order chi connectivity index (χ1) is 13.2. The maximum atomic E-state index is 13.0. The molecule has 0 amide bonds. The van der Waals surface area contributed by atoms with E-state index in [0.717, 1.165) is 17.0 Å². The smallest absolute Gasteiger partial charge is 0.289 e. The fraction of sp³-hybridized carbons (Fsp3) is 0.389. The summed E-state index contributed by atoms with van der Waals surface area (Å²) in [6, 6.07) is 6.69. The quantitative estimate of drug-likeness (QED) is 0.732. The molecule has 0 aliphatic carbocycles. The highest BCUT2D eigenvalue weighted by Gasteiger charge is 2.31. The van der Waals surface area contributed by atoms with E-state index in [2.05, 4.69) is 5.10 Å². The highest BCUT2D eigenvalue weighted by atomic mass is 32.2.